The van der Waals surface area contributed by atoms with Gasteiger partial charge in [0.2, 0.25) is 0 Å². The van der Waals surface area contributed by atoms with Gasteiger partial charge in [0.15, 0.2) is 12.4 Å². The maximum Gasteiger partial charge on any atom is 0.170 e. The number of pyridine rings is 1. The summed E-state index contributed by atoms with van der Waals surface area (Å²) in [5.41, 5.74) is 1.27. The van der Waals surface area contributed by atoms with Gasteiger partial charge in [-0.3, -0.25) is 0 Å². The highest BCUT2D eigenvalue weighted by molar-refractivity contribution is 5.41. The Labute approximate surface area is 164 Å². The Bertz CT molecular complexity index is 450. The highest BCUT2D eigenvalue weighted by Crippen LogP contribution is 2.21. The molecule has 2 nitrogen and oxygen atoms in total. The molecule has 1 rings (SSSR count). The molecule has 2 atom stereocenters. The number of unbranched alkanes of at least 4 members (excludes halogenated alkanes) is 1. The Morgan fingerprint density at radius 3 is 1.73 bits per heavy atom. The Kier molecular flexibility index (Phi) is 11.6. The van der Waals surface area contributed by atoms with Gasteiger partial charge in [-0.15, -0.1) is 0 Å². The molecule has 2 heteroatoms. The van der Waals surface area contributed by atoms with Crippen molar-refractivity contribution in [2.75, 3.05) is 19.0 Å². The monoisotopic (exact) mass is 361 g/mol. The van der Waals surface area contributed by atoms with Gasteiger partial charge in [0.25, 0.3) is 0 Å². The molecule has 2 unspecified atom stereocenters. The molecule has 1 aromatic rings. The largest absolute Gasteiger partial charge is 0.377 e. The molecule has 0 aliphatic rings. The van der Waals surface area contributed by atoms with Crippen LogP contribution in [-0.2, 0) is 6.54 Å². The number of nitrogens with zero attached hydrogens (tertiary/aromatic N) is 2. The zero-order valence-electron chi connectivity index (χ0n) is 18.5. The zero-order valence-corrected chi connectivity index (χ0v) is 18.5. The quantitative estimate of drug-likeness (QED) is 0.272. The highest BCUT2D eigenvalue weighted by atomic mass is 15.1. The van der Waals surface area contributed by atoms with E-state index in [-0.39, 0.29) is 0 Å². The highest BCUT2D eigenvalue weighted by Gasteiger charge is 2.07. The molecule has 0 saturated heterocycles. The van der Waals surface area contributed by atoms with Crippen LogP contribution >= 0.6 is 0 Å². The minimum absolute atomic E-state index is 0.867. The first kappa shape index (κ1) is 23.0. The third-order valence-electron chi connectivity index (χ3n) is 5.63. The average molecular weight is 362 g/mol. The van der Waals surface area contributed by atoms with Crippen molar-refractivity contribution in [3.63, 3.8) is 0 Å². The number of rotatable bonds is 14. The molecule has 0 saturated carbocycles. The second kappa shape index (κ2) is 13.2. The van der Waals surface area contributed by atoms with E-state index >= 15 is 0 Å². The fourth-order valence-electron chi connectivity index (χ4n) is 3.66. The molecular weight excluding hydrogens is 316 g/mol. The van der Waals surface area contributed by atoms with Crippen molar-refractivity contribution in [2.24, 2.45) is 17.8 Å². The van der Waals surface area contributed by atoms with E-state index in [4.69, 9.17) is 0 Å². The van der Waals surface area contributed by atoms with Gasteiger partial charge < -0.3 is 4.90 Å². The summed E-state index contributed by atoms with van der Waals surface area (Å²) in [5.74, 6) is 2.67. The Morgan fingerprint density at radius 2 is 1.23 bits per heavy atom. The van der Waals surface area contributed by atoms with Crippen molar-refractivity contribution in [1.29, 1.82) is 0 Å². The zero-order chi connectivity index (χ0) is 19.4. The molecule has 0 amide bonds. The predicted octanol–water partition coefficient (Wildman–Crippen LogP) is 6.48. The van der Waals surface area contributed by atoms with Crippen LogP contribution in [0.2, 0.25) is 0 Å². The maximum absolute atomic E-state index is 2.45. The molecule has 0 bridgehead atoms. The lowest BCUT2D eigenvalue weighted by Crippen LogP contribution is -2.32. The lowest BCUT2D eigenvalue weighted by atomic mass is 9.92. The van der Waals surface area contributed by atoms with E-state index < -0.39 is 0 Å². The van der Waals surface area contributed by atoms with Crippen molar-refractivity contribution >= 4 is 5.69 Å². The van der Waals surface area contributed by atoms with Crippen molar-refractivity contribution in [3.8, 4) is 0 Å². The number of aromatic nitrogens is 1. The predicted molar refractivity (Wildman–Crippen MR) is 116 cm³/mol. The molecule has 150 valence electrons. The Hall–Kier alpha value is -1.05. The number of hydrogen-bond donors (Lipinski definition) is 0. The summed E-state index contributed by atoms with van der Waals surface area (Å²) in [4.78, 5) is 2.15. The van der Waals surface area contributed by atoms with E-state index in [0.717, 1.165) is 24.3 Å². The summed E-state index contributed by atoms with van der Waals surface area (Å²) in [6.45, 7) is 10.7. The Morgan fingerprint density at radius 1 is 0.731 bits per heavy atom. The standard InChI is InChI=1S/C24H45N2/c1-21(2)11-9-13-23(4)15-10-14-22(3)12-7-8-18-26-19-16-24(17-20-26)25(5)6/h16-17,19-23H,7-15,18H2,1-6H3/q+1. The lowest BCUT2D eigenvalue weighted by molar-refractivity contribution is -0.697. The van der Waals surface area contributed by atoms with Crippen LogP contribution in [0.1, 0.15) is 85.5 Å². The second-order valence-electron chi connectivity index (χ2n) is 9.15. The smallest absolute Gasteiger partial charge is 0.170 e. The topological polar surface area (TPSA) is 7.12 Å². The molecule has 0 radical (unpaired) electrons. The van der Waals surface area contributed by atoms with Crippen LogP contribution in [-0.4, -0.2) is 14.1 Å². The molecule has 0 N–H and O–H groups in total. The van der Waals surface area contributed by atoms with Gasteiger partial charge in [-0.25, -0.2) is 4.57 Å². The third kappa shape index (κ3) is 10.8. The average Bonchev–Trinajstić information content (AvgIpc) is 2.59. The number of hydrogen-bond acceptors (Lipinski definition) is 1. The molecule has 26 heavy (non-hydrogen) atoms. The minimum atomic E-state index is 0.867. The van der Waals surface area contributed by atoms with E-state index in [0.29, 0.717) is 0 Å². The summed E-state index contributed by atoms with van der Waals surface area (Å²) in [6, 6.07) is 4.40. The Balaban J connectivity index is 2.05. The van der Waals surface area contributed by atoms with Crippen molar-refractivity contribution in [2.45, 2.75) is 92.0 Å². The van der Waals surface area contributed by atoms with Crippen LogP contribution in [0.4, 0.5) is 5.69 Å². The third-order valence-corrected chi connectivity index (χ3v) is 5.63. The van der Waals surface area contributed by atoms with Crippen LogP contribution in [0, 0.1) is 17.8 Å². The van der Waals surface area contributed by atoms with Crippen LogP contribution in [0.3, 0.4) is 0 Å². The van der Waals surface area contributed by atoms with Crippen molar-refractivity contribution in [3.05, 3.63) is 24.5 Å². The molecule has 0 aromatic carbocycles. The van der Waals surface area contributed by atoms with E-state index in [9.17, 15) is 0 Å². The summed E-state index contributed by atoms with van der Waals surface area (Å²) >= 11 is 0. The molecule has 0 aliphatic heterocycles. The van der Waals surface area contributed by atoms with Crippen molar-refractivity contribution in [1.82, 2.24) is 0 Å². The molecule has 0 fully saturated rings. The number of aryl methyl sites for hydroxylation is 1. The van der Waals surface area contributed by atoms with E-state index in [2.05, 4.69) is 75.8 Å². The van der Waals surface area contributed by atoms with E-state index in [1.807, 2.05) is 0 Å². The fourth-order valence-corrected chi connectivity index (χ4v) is 3.66. The van der Waals surface area contributed by atoms with Crippen LogP contribution in [0.15, 0.2) is 24.5 Å². The summed E-state index contributed by atoms with van der Waals surface area (Å²) < 4.78 is 2.32. The summed E-state index contributed by atoms with van der Waals surface area (Å²) in [6.07, 6.45) is 17.0. The van der Waals surface area contributed by atoms with Gasteiger partial charge in [-0.05, 0) is 24.2 Å². The molecule has 1 heterocycles. The first-order valence-electron chi connectivity index (χ1n) is 11.0. The second-order valence-corrected chi connectivity index (χ2v) is 9.15. The number of anilines is 1. The fraction of sp³-hybridized carbons (Fsp3) is 0.792. The van der Waals surface area contributed by atoms with Gasteiger partial charge in [-0.2, -0.15) is 0 Å². The lowest BCUT2D eigenvalue weighted by Gasteiger charge is -2.15. The van der Waals surface area contributed by atoms with Gasteiger partial charge in [0.05, 0.1) is 0 Å². The molecule has 0 aliphatic carbocycles. The molecule has 1 aromatic heterocycles. The van der Waals surface area contributed by atoms with Crippen LogP contribution in [0.25, 0.3) is 0 Å². The van der Waals surface area contributed by atoms with Gasteiger partial charge >= 0.3 is 0 Å². The normalized spacial score (nSPS) is 13.8. The molecular formula is C24H45N2+. The maximum atomic E-state index is 2.45. The van der Waals surface area contributed by atoms with E-state index in [1.165, 1.54) is 63.5 Å². The molecule has 0 spiro atoms. The van der Waals surface area contributed by atoms with Gasteiger partial charge in [0, 0.05) is 38.3 Å². The minimum Gasteiger partial charge on any atom is -0.377 e. The first-order valence-corrected chi connectivity index (χ1v) is 11.0. The van der Waals surface area contributed by atoms with Crippen molar-refractivity contribution < 1.29 is 4.57 Å². The first-order chi connectivity index (χ1) is 12.4. The van der Waals surface area contributed by atoms with Gasteiger partial charge in [0.1, 0.15) is 6.54 Å². The van der Waals surface area contributed by atoms with Gasteiger partial charge in [-0.1, -0.05) is 72.6 Å². The summed E-state index contributed by atoms with van der Waals surface area (Å²) in [7, 11) is 4.18. The van der Waals surface area contributed by atoms with E-state index in [1.54, 1.807) is 0 Å². The van der Waals surface area contributed by atoms with Crippen LogP contribution in [0.5, 0.6) is 0 Å². The SMILES string of the molecule is CC(C)CCCC(C)CCCC(C)CCCC[n+]1ccc(N(C)C)cc1. The van der Waals surface area contributed by atoms with Crippen LogP contribution < -0.4 is 9.47 Å². The summed E-state index contributed by atoms with van der Waals surface area (Å²) in [5, 5.41) is 0.